The maximum Gasteiger partial charge on any atom is 0.234 e. The Morgan fingerprint density at radius 2 is 1.84 bits per heavy atom. The molecule has 1 amide bonds. The van der Waals surface area contributed by atoms with E-state index in [9.17, 15) is 9.18 Å². The van der Waals surface area contributed by atoms with Crippen LogP contribution >= 0.6 is 27.7 Å². The zero-order valence-electron chi connectivity index (χ0n) is 17.3. The quantitative estimate of drug-likeness (QED) is 0.342. The molecule has 32 heavy (non-hydrogen) atoms. The lowest BCUT2D eigenvalue weighted by molar-refractivity contribution is -0.113. The van der Waals surface area contributed by atoms with Crippen LogP contribution in [-0.2, 0) is 4.79 Å². The van der Waals surface area contributed by atoms with Gasteiger partial charge in [0.1, 0.15) is 5.82 Å². The van der Waals surface area contributed by atoms with Gasteiger partial charge >= 0.3 is 0 Å². The molecule has 162 valence electrons. The predicted molar refractivity (Wildman–Crippen MR) is 128 cm³/mol. The predicted octanol–water partition coefficient (Wildman–Crippen LogP) is 5.58. The van der Waals surface area contributed by atoms with Gasteiger partial charge in [0.15, 0.2) is 11.0 Å². The molecular formula is C23H19BrFN5OS. The largest absolute Gasteiger partial charge is 0.323 e. The summed E-state index contributed by atoms with van der Waals surface area (Å²) in [7, 11) is 0. The Hall–Kier alpha value is -3.04. The van der Waals surface area contributed by atoms with Gasteiger partial charge in [0.05, 0.1) is 17.1 Å². The molecule has 2 aromatic carbocycles. The van der Waals surface area contributed by atoms with Gasteiger partial charge in [-0.1, -0.05) is 33.8 Å². The van der Waals surface area contributed by atoms with Gasteiger partial charge in [0, 0.05) is 22.4 Å². The van der Waals surface area contributed by atoms with E-state index >= 15 is 0 Å². The van der Waals surface area contributed by atoms with Gasteiger partial charge in [-0.05, 0) is 67.4 Å². The highest BCUT2D eigenvalue weighted by Gasteiger charge is 2.18. The van der Waals surface area contributed by atoms with E-state index in [0.717, 1.165) is 16.8 Å². The molecule has 9 heteroatoms. The van der Waals surface area contributed by atoms with Crippen molar-refractivity contribution in [1.29, 1.82) is 0 Å². The Balaban J connectivity index is 1.61. The molecule has 4 rings (SSSR count). The summed E-state index contributed by atoms with van der Waals surface area (Å²) in [6.45, 7) is 4.10. The number of amides is 1. The van der Waals surface area contributed by atoms with Crippen LogP contribution in [0, 0.1) is 19.7 Å². The third-order valence-electron chi connectivity index (χ3n) is 4.86. The van der Waals surface area contributed by atoms with Gasteiger partial charge in [-0.25, -0.2) is 4.39 Å². The fourth-order valence-corrected chi connectivity index (χ4v) is 4.14. The number of nitrogens with one attached hydrogen (secondary N) is 1. The number of benzene rings is 2. The molecule has 0 fully saturated rings. The van der Waals surface area contributed by atoms with Gasteiger partial charge in [0.25, 0.3) is 0 Å². The summed E-state index contributed by atoms with van der Waals surface area (Å²) >= 11 is 4.44. The van der Waals surface area contributed by atoms with Crippen molar-refractivity contribution in [1.82, 2.24) is 19.7 Å². The van der Waals surface area contributed by atoms with Crippen molar-refractivity contribution < 1.29 is 9.18 Å². The lowest BCUT2D eigenvalue weighted by Gasteiger charge is -2.12. The highest BCUT2D eigenvalue weighted by molar-refractivity contribution is 9.10. The molecule has 2 aromatic heterocycles. The fourth-order valence-electron chi connectivity index (χ4n) is 3.06. The summed E-state index contributed by atoms with van der Waals surface area (Å²) in [6, 6.07) is 14.3. The van der Waals surface area contributed by atoms with Crippen molar-refractivity contribution in [2.75, 3.05) is 11.1 Å². The Morgan fingerprint density at radius 3 is 2.56 bits per heavy atom. The first-order valence-corrected chi connectivity index (χ1v) is 11.5. The zero-order valence-corrected chi connectivity index (χ0v) is 19.7. The molecule has 4 aromatic rings. The molecule has 0 aliphatic heterocycles. The summed E-state index contributed by atoms with van der Waals surface area (Å²) in [5.41, 5.74) is 4.20. The third-order valence-corrected chi connectivity index (χ3v) is 6.28. The first-order chi connectivity index (χ1) is 15.4. The minimum Gasteiger partial charge on any atom is -0.323 e. The van der Waals surface area contributed by atoms with E-state index in [4.69, 9.17) is 0 Å². The van der Waals surface area contributed by atoms with Crippen LogP contribution in [0.5, 0.6) is 0 Å². The molecule has 0 saturated heterocycles. The summed E-state index contributed by atoms with van der Waals surface area (Å²) in [4.78, 5) is 16.5. The second-order valence-corrected chi connectivity index (χ2v) is 8.97. The summed E-state index contributed by atoms with van der Waals surface area (Å²) in [5.74, 6) is -0.140. The summed E-state index contributed by atoms with van der Waals surface area (Å²) in [6.07, 6.45) is 3.39. The fraction of sp³-hybridized carbons (Fsp3) is 0.130. The van der Waals surface area contributed by atoms with Crippen molar-refractivity contribution >= 4 is 39.3 Å². The lowest BCUT2D eigenvalue weighted by atomic mass is 10.1. The highest BCUT2D eigenvalue weighted by Crippen LogP contribution is 2.29. The van der Waals surface area contributed by atoms with Crippen molar-refractivity contribution in [3.8, 4) is 17.1 Å². The smallest absolute Gasteiger partial charge is 0.234 e. The average molecular weight is 512 g/mol. The number of hydrogen-bond acceptors (Lipinski definition) is 5. The minimum atomic E-state index is -0.504. The van der Waals surface area contributed by atoms with E-state index in [2.05, 4.69) is 49.4 Å². The van der Waals surface area contributed by atoms with E-state index in [1.54, 1.807) is 18.5 Å². The average Bonchev–Trinajstić information content (AvgIpc) is 3.21. The molecule has 0 radical (unpaired) electrons. The monoisotopic (exact) mass is 511 g/mol. The number of carbonyl (C=O) groups excluding carboxylic acids is 1. The molecule has 0 unspecified atom stereocenters. The standard InChI is InChI=1S/C23H19BrFN5OS/c1-14-3-5-18(11-15(14)2)30-22(16-7-9-26-10-8-16)28-29-23(30)32-13-21(31)27-20-6-4-17(24)12-19(20)25/h3-12H,13H2,1-2H3,(H,27,31). The lowest BCUT2D eigenvalue weighted by Crippen LogP contribution is -2.15. The first kappa shape index (κ1) is 22.2. The molecular weight excluding hydrogens is 493 g/mol. The van der Waals surface area contributed by atoms with Gasteiger partial charge < -0.3 is 5.32 Å². The SMILES string of the molecule is Cc1ccc(-n2c(SCC(=O)Nc3ccc(Br)cc3F)nnc2-c2ccncc2)cc1C. The molecule has 2 heterocycles. The summed E-state index contributed by atoms with van der Waals surface area (Å²) < 4.78 is 16.6. The van der Waals surface area contributed by atoms with E-state index < -0.39 is 5.82 Å². The number of anilines is 1. The normalized spacial score (nSPS) is 10.9. The van der Waals surface area contributed by atoms with Crippen LogP contribution in [0.15, 0.2) is 70.6 Å². The van der Waals surface area contributed by atoms with Gasteiger partial charge in [-0.15, -0.1) is 10.2 Å². The number of thioether (sulfide) groups is 1. The van der Waals surface area contributed by atoms with Crippen molar-refractivity contribution in [2.45, 2.75) is 19.0 Å². The molecule has 1 N–H and O–H groups in total. The molecule has 0 spiro atoms. The van der Waals surface area contributed by atoms with Crippen LogP contribution in [-0.4, -0.2) is 31.4 Å². The Labute approximate surface area is 197 Å². The first-order valence-electron chi connectivity index (χ1n) is 9.73. The molecule has 0 aliphatic rings. The second-order valence-electron chi connectivity index (χ2n) is 7.11. The zero-order chi connectivity index (χ0) is 22.7. The number of hydrogen-bond donors (Lipinski definition) is 1. The molecule has 0 bridgehead atoms. The number of halogens is 2. The molecule has 0 aliphatic carbocycles. The Kier molecular flexibility index (Phi) is 6.66. The van der Waals surface area contributed by atoms with Crippen LogP contribution in [0.2, 0.25) is 0 Å². The van der Waals surface area contributed by atoms with E-state index in [0.29, 0.717) is 15.5 Å². The maximum atomic E-state index is 14.0. The van der Waals surface area contributed by atoms with E-state index in [-0.39, 0.29) is 17.3 Å². The number of aromatic nitrogens is 4. The number of pyridine rings is 1. The van der Waals surface area contributed by atoms with Crippen molar-refractivity contribution in [2.24, 2.45) is 0 Å². The molecule has 6 nitrogen and oxygen atoms in total. The van der Waals surface area contributed by atoms with Crippen LogP contribution in [0.3, 0.4) is 0 Å². The number of nitrogens with zero attached hydrogens (tertiary/aromatic N) is 4. The van der Waals surface area contributed by atoms with Crippen LogP contribution < -0.4 is 5.32 Å². The Morgan fingerprint density at radius 1 is 1.06 bits per heavy atom. The van der Waals surface area contributed by atoms with Crippen molar-refractivity contribution in [3.63, 3.8) is 0 Å². The van der Waals surface area contributed by atoms with E-state index in [1.165, 1.54) is 29.5 Å². The van der Waals surface area contributed by atoms with Crippen LogP contribution in [0.4, 0.5) is 10.1 Å². The Bertz CT molecular complexity index is 1280. The molecule has 0 atom stereocenters. The number of rotatable bonds is 6. The van der Waals surface area contributed by atoms with Gasteiger partial charge in [-0.3, -0.25) is 14.3 Å². The van der Waals surface area contributed by atoms with E-state index in [1.807, 2.05) is 35.8 Å². The van der Waals surface area contributed by atoms with Gasteiger partial charge in [0.2, 0.25) is 5.91 Å². The van der Waals surface area contributed by atoms with Crippen LogP contribution in [0.25, 0.3) is 17.1 Å². The topological polar surface area (TPSA) is 72.7 Å². The van der Waals surface area contributed by atoms with Gasteiger partial charge in [-0.2, -0.15) is 0 Å². The summed E-state index contributed by atoms with van der Waals surface area (Å²) in [5, 5.41) is 11.9. The second kappa shape index (κ2) is 9.62. The third kappa shape index (κ3) is 4.89. The molecule has 0 saturated carbocycles. The van der Waals surface area contributed by atoms with Crippen molar-refractivity contribution in [3.05, 3.63) is 82.3 Å². The number of carbonyl (C=O) groups is 1. The maximum absolute atomic E-state index is 14.0. The minimum absolute atomic E-state index is 0.0504. The number of aryl methyl sites for hydroxylation is 2. The van der Waals surface area contributed by atoms with Crippen LogP contribution in [0.1, 0.15) is 11.1 Å². The highest BCUT2D eigenvalue weighted by atomic mass is 79.9.